The fourth-order valence-corrected chi connectivity index (χ4v) is 2.63. The molecule has 2 aromatic rings. The Morgan fingerprint density at radius 3 is 2.61 bits per heavy atom. The van der Waals surface area contributed by atoms with Crippen LogP contribution in [0.2, 0.25) is 0 Å². The van der Waals surface area contributed by atoms with Crippen molar-refractivity contribution in [1.82, 2.24) is 9.97 Å². The van der Waals surface area contributed by atoms with Gasteiger partial charge in [0.15, 0.2) is 0 Å². The molecule has 0 spiro atoms. The van der Waals surface area contributed by atoms with E-state index in [-0.39, 0.29) is 6.04 Å². The lowest BCUT2D eigenvalue weighted by Gasteiger charge is -2.29. The second-order valence-corrected chi connectivity index (χ2v) is 5.50. The molecule has 1 aliphatic rings. The number of aromatic nitrogens is 2. The summed E-state index contributed by atoms with van der Waals surface area (Å²) in [7, 11) is 1.60. The van der Waals surface area contributed by atoms with Crippen molar-refractivity contribution in [3.8, 4) is 5.88 Å². The Kier molecular flexibility index (Phi) is 4.92. The highest BCUT2D eigenvalue weighted by molar-refractivity contribution is 5.49. The third-order valence-corrected chi connectivity index (χ3v) is 3.98. The maximum atomic E-state index is 5.39. The molecule has 1 fully saturated rings. The van der Waals surface area contributed by atoms with Gasteiger partial charge < -0.3 is 19.7 Å². The Labute approximate surface area is 136 Å². The normalized spacial score (nSPS) is 16.0. The number of nitrogens with one attached hydrogen (secondary N) is 1. The average Bonchev–Trinajstić information content (AvgIpc) is 2.63. The Balaban J connectivity index is 1.66. The molecule has 1 unspecified atom stereocenters. The molecule has 23 heavy (non-hydrogen) atoms. The Morgan fingerprint density at radius 2 is 1.91 bits per heavy atom. The number of hydrogen-bond acceptors (Lipinski definition) is 6. The van der Waals surface area contributed by atoms with Gasteiger partial charge in [-0.15, -0.1) is 0 Å². The van der Waals surface area contributed by atoms with E-state index in [0.29, 0.717) is 5.88 Å². The number of rotatable bonds is 5. The zero-order chi connectivity index (χ0) is 16.1. The van der Waals surface area contributed by atoms with Crippen molar-refractivity contribution in [3.63, 3.8) is 0 Å². The fourth-order valence-electron chi connectivity index (χ4n) is 2.63. The molecule has 122 valence electrons. The van der Waals surface area contributed by atoms with Crippen LogP contribution in [0.4, 0.5) is 11.5 Å². The highest BCUT2D eigenvalue weighted by Gasteiger charge is 2.12. The second-order valence-electron chi connectivity index (χ2n) is 5.50. The first kappa shape index (κ1) is 15.6. The van der Waals surface area contributed by atoms with Crippen molar-refractivity contribution in [3.05, 3.63) is 42.2 Å². The standard InChI is InChI=1S/C17H22N4O2/c1-13(20-16-11-17(22-2)19-12-18-16)14-3-5-15(6-4-14)21-7-9-23-10-8-21/h3-6,11-13H,7-10H2,1-2H3,(H,18,19,20). The van der Waals surface area contributed by atoms with Gasteiger partial charge in [-0.05, 0) is 24.6 Å². The molecular formula is C17H22N4O2. The van der Waals surface area contributed by atoms with Crippen LogP contribution in [0.5, 0.6) is 5.88 Å². The van der Waals surface area contributed by atoms with E-state index in [1.807, 2.05) is 0 Å². The largest absolute Gasteiger partial charge is 0.481 e. The van der Waals surface area contributed by atoms with Crippen LogP contribution in [0.25, 0.3) is 0 Å². The van der Waals surface area contributed by atoms with Crippen LogP contribution in [-0.4, -0.2) is 43.4 Å². The summed E-state index contributed by atoms with van der Waals surface area (Å²) in [6.45, 7) is 5.62. The van der Waals surface area contributed by atoms with Gasteiger partial charge in [-0.25, -0.2) is 9.97 Å². The van der Waals surface area contributed by atoms with E-state index in [9.17, 15) is 0 Å². The highest BCUT2D eigenvalue weighted by atomic mass is 16.5. The molecule has 1 aromatic heterocycles. The minimum atomic E-state index is 0.147. The van der Waals surface area contributed by atoms with Gasteiger partial charge in [0.1, 0.15) is 12.1 Å². The van der Waals surface area contributed by atoms with Crippen LogP contribution in [0, 0.1) is 0 Å². The lowest BCUT2D eigenvalue weighted by molar-refractivity contribution is 0.122. The van der Waals surface area contributed by atoms with Crippen molar-refractivity contribution in [2.45, 2.75) is 13.0 Å². The van der Waals surface area contributed by atoms with Crippen LogP contribution in [0.1, 0.15) is 18.5 Å². The number of anilines is 2. The Morgan fingerprint density at radius 1 is 1.17 bits per heavy atom. The summed E-state index contributed by atoms with van der Waals surface area (Å²) < 4.78 is 10.5. The fraction of sp³-hybridized carbons (Fsp3) is 0.412. The van der Waals surface area contributed by atoms with Crippen LogP contribution < -0.4 is 15.0 Å². The molecule has 1 aliphatic heterocycles. The summed E-state index contributed by atoms with van der Waals surface area (Å²) in [4.78, 5) is 10.6. The predicted molar refractivity (Wildman–Crippen MR) is 90.1 cm³/mol. The van der Waals surface area contributed by atoms with Gasteiger partial charge in [-0.3, -0.25) is 0 Å². The summed E-state index contributed by atoms with van der Waals surface area (Å²) in [5.74, 6) is 1.30. The Bertz CT molecular complexity index is 627. The SMILES string of the molecule is COc1cc(NC(C)c2ccc(N3CCOCC3)cc2)ncn1. The molecule has 6 heteroatoms. The molecule has 1 saturated heterocycles. The van der Waals surface area contributed by atoms with Crippen LogP contribution in [0.3, 0.4) is 0 Å². The van der Waals surface area contributed by atoms with E-state index >= 15 is 0 Å². The zero-order valence-electron chi connectivity index (χ0n) is 13.5. The molecule has 0 amide bonds. The van der Waals surface area contributed by atoms with Gasteiger partial charge in [0.2, 0.25) is 5.88 Å². The minimum Gasteiger partial charge on any atom is -0.481 e. The summed E-state index contributed by atoms with van der Waals surface area (Å²) in [5, 5.41) is 3.37. The van der Waals surface area contributed by atoms with Crippen molar-refractivity contribution >= 4 is 11.5 Å². The van der Waals surface area contributed by atoms with Gasteiger partial charge >= 0.3 is 0 Å². The first-order valence-electron chi connectivity index (χ1n) is 7.81. The molecule has 0 radical (unpaired) electrons. The zero-order valence-corrected chi connectivity index (χ0v) is 13.5. The second kappa shape index (κ2) is 7.28. The molecule has 1 aromatic carbocycles. The summed E-state index contributed by atoms with van der Waals surface area (Å²) in [5.41, 5.74) is 2.45. The monoisotopic (exact) mass is 314 g/mol. The molecule has 0 aliphatic carbocycles. The average molecular weight is 314 g/mol. The smallest absolute Gasteiger partial charge is 0.218 e. The van der Waals surface area contributed by atoms with E-state index in [0.717, 1.165) is 32.1 Å². The number of benzene rings is 1. The van der Waals surface area contributed by atoms with Crippen molar-refractivity contribution in [2.75, 3.05) is 43.6 Å². The molecule has 0 bridgehead atoms. The predicted octanol–water partition coefficient (Wildman–Crippen LogP) is 2.49. The topological polar surface area (TPSA) is 59.5 Å². The summed E-state index contributed by atoms with van der Waals surface area (Å²) in [6.07, 6.45) is 1.50. The van der Waals surface area contributed by atoms with Crippen molar-refractivity contribution < 1.29 is 9.47 Å². The van der Waals surface area contributed by atoms with E-state index < -0.39 is 0 Å². The maximum Gasteiger partial charge on any atom is 0.218 e. The van der Waals surface area contributed by atoms with E-state index in [4.69, 9.17) is 9.47 Å². The molecule has 2 heterocycles. The highest BCUT2D eigenvalue weighted by Crippen LogP contribution is 2.23. The number of ether oxygens (including phenoxy) is 2. The van der Waals surface area contributed by atoms with E-state index in [1.54, 1.807) is 13.2 Å². The molecular weight excluding hydrogens is 292 g/mol. The minimum absolute atomic E-state index is 0.147. The van der Waals surface area contributed by atoms with Gasteiger partial charge in [0.25, 0.3) is 0 Å². The third-order valence-electron chi connectivity index (χ3n) is 3.98. The summed E-state index contributed by atoms with van der Waals surface area (Å²) >= 11 is 0. The first-order chi connectivity index (χ1) is 11.3. The molecule has 1 atom stereocenters. The van der Waals surface area contributed by atoms with Gasteiger partial charge in [-0.1, -0.05) is 12.1 Å². The number of hydrogen-bond donors (Lipinski definition) is 1. The van der Waals surface area contributed by atoms with Crippen LogP contribution in [-0.2, 0) is 4.74 Å². The number of morpholine rings is 1. The van der Waals surface area contributed by atoms with Gasteiger partial charge in [0.05, 0.1) is 20.3 Å². The Hall–Kier alpha value is -2.34. The van der Waals surface area contributed by atoms with Crippen LogP contribution >= 0.6 is 0 Å². The van der Waals surface area contributed by atoms with Crippen molar-refractivity contribution in [1.29, 1.82) is 0 Å². The maximum absolute atomic E-state index is 5.39. The summed E-state index contributed by atoms with van der Waals surface area (Å²) in [6, 6.07) is 10.6. The first-order valence-corrected chi connectivity index (χ1v) is 7.81. The van der Waals surface area contributed by atoms with Crippen molar-refractivity contribution in [2.24, 2.45) is 0 Å². The van der Waals surface area contributed by atoms with E-state index in [1.165, 1.54) is 17.6 Å². The van der Waals surface area contributed by atoms with E-state index in [2.05, 4.69) is 51.4 Å². The van der Waals surface area contributed by atoms with Gasteiger partial charge in [-0.2, -0.15) is 0 Å². The molecule has 6 nitrogen and oxygen atoms in total. The third kappa shape index (κ3) is 3.90. The lowest BCUT2D eigenvalue weighted by Crippen LogP contribution is -2.36. The quantitative estimate of drug-likeness (QED) is 0.915. The molecule has 3 rings (SSSR count). The van der Waals surface area contributed by atoms with Gasteiger partial charge in [0, 0.05) is 30.9 Å². The molecule has 1 N–H and O–H groups in total. The number of nitrogens with zero attached hydrogens (tertiary/aromatic N) is 3. The molecule has 0 saturated carbocycles. The van der Waals surface area contributed by atoms with Crippen LogP contribution in [0.15, 0.2) is 36.7 Å². The lowest BCUT2D eigenvalue weighted by atomic mass is 10.1. The number of methoxy groups -OCH3 is 1.